The van der Waals surface area contributed by atoms with E-state index in [9.17, 15) is 0 Å². The molecule has 0 aliphatic carbocycles. The quantitative estimate of drug-likeness (QED) is 0.752. The van der Waals surface area contributed by atoms with Crippen molar-refractivity contribution < 1.29 is 0 Å². The van der Waals surface area contributed by atoms with Crippen LogP contribution in [0.4, 0.5) is 11.5 Å². The molecule has 1 aromatic carbocycles. The van der Waals surface area contributed by atoms with Crippen molar-refractivity contribution in [3.63, 3.8) is 0 Å². The predicted octanol–water partition coefficient (Wildman–Crippen LogP) is 5.38. The van der Waals surface area contributed by atoms with Crippen molar-refractivity contribution in [2.75, 3.05) is 5.32 Å². The summed E-state index contributed by atoms with van der Waals surface area (Å²) < 4.78 is 1.07. The number of nitrogens with one attached hydrogen (secondary N) is 1. The molecule has 0 atom stereocenters. The average Bonchev–Trinajstić information content (AvgIpc) is 2.33. The summed E-state index contributed by atoms with van der Waals surface area (Å²) in [5, 5.41) is 3.80. The van der Waals surface area contributed by atoms with E-state index in [1.807, 2.05) is 13.8 Å². The highest BCUT2D eigenvalue weighted by Crippen LogP contribution is 2.28. The molecule has 0 unspecified atom stereocenters. The summed E-state index contributed by atoms with van der Waals surface area (Å²) in [5.74, 6) is 1.70. The molecule has 2 rings (SSSR count). The maximum Gasteiger partial charge on any atom is 0.135 e. The lowest BCUT2D eigenvalue weighted by molar-refractivity contribution is 0.776. The number of rotatable bonds is 3. The van der Waals surface area contributed by atoms with E-state index < -0.39 is 0 Å². The van der Waals surface area contributed by atoms with E-state index in [1.165, 1.54) is 0 Å². The van der Waals surface area contributed by atoms with Crippen molar-refractivity contribution in [2.45, 2.75) is 33.6 Å². The van der Waals surface area contributed by atoms with Crippen LogP contribution in [0.3, 0.4) is 0 Å². The number of aromatic nitrogens is 2. The highest BCUT2D eigenvalue weighted by Gasteiger charge is 2.10. The van der Waals surface area contributed by atoms with E-state index in [-0.39, 0.29) is 5.92 Å². The Morgan fingerprint density at radius 1 is 1.10 bits per heavy atom. The molecule has 0 aliphatic rings. The lowest BCUT2D eigenvalue weighted by Gasteiger charge is -2.14. The van der Waals surface area contributed by atoms with Crippen molar-refractivity contribution in [1.29, 1.82) is 0 Å². The van der Waals surface area contributed by atoms with Crippen LogP contribution in [0.2, 0.25) is 5.15 Å². The van der Waals surface area contributed by atoms with Crippen molar-refractivity contribution in [2.24, 2.45) is 0 Å². The van der Waals surface area contributed by atoms with Gasteiger partial charge in [-0.1, -0.05) is 41.4 Å². The predicted molar refractivity (Wildman–Crippen MR) is 88.0 cm³/mol. The second kappa shape index (κ2) is 6.10. The third-order valence-corrected chi connectivity index (χ3v) is 3.63. The topological polar surface area (TPSA) is 37.8 Å². The van der Waals surface area contributed by atoms with Gasteiger partial charge in [0.2, 0.25) is 0 Å². The van der Waals surface area contributed by atoms with Gasteiger partial charge in [0.05, 0.1) is 0 Å². The SMILES string of the molecule is Cc1cc(Br)cc(C)c1Nc1cc(Cl)nc(C(C)C)n1. The largest absolute Gasteiger partial charge is 0.340 e. The highest BCUT2D eigenvalue weighted by molar-refractivity contribution is 9.10. The molecule has 3 nitrogen and oxygen atoms in total. The maximum atomic E-state index is 6.07. The van der Waals surface area contributed by atoms with Crippen LogP contribution in [0.25, 0.3) is 0 Å². The number of anilines is 2. The Labute approximate surface area is 132 Å². The van der Waals surface area contributed by atoms with Crippen LogP contribution in [0.1, 0.15) is 36.7 Å². The highest BCUT2D eigenvalue weighted by atomic mass is 79.9. The van der Waals surface area contributed by atoms with E-state index in [2.05, 4.69) is 57.2 Å². The normalized spacial score (nSPS) is 10.9. The van der Waals surface area contributed by atoms with Gasteiger partial charge in [-0.25, -0.2) is 9.97 Å². The van der Waals surface area contributed by atoms with Gasteiger partial charge < -0.3 is 5.32 Å². The first-order valence-corrected chi connectivity index (χ1v) is 7.62. The van der Waals surface area contributed by atoms with E-state index in [0.29, 0.717) is 5.15 Å². The van der Waals surface area contributed by atoms with Crippen molar-refractivity contribution >= 4 is 39.0 Å². The molecule has 1 aromatic heterocycles. The molecule has 0 saturated heterocycles. The summed E-state index contributed by atoms with van der Waals surface area (Å²) in [6, 6.07) is 5.89. The summed E-state index contributed by atoms with van der Waals surface area (Å²) >= 11 is 9.57. The second-order valence-corrected chi connectivity index (χ2v) is 6.43. The van der Waals surface area contributed by atoms with E-state index in [0.717, 1.165) is 32.9 Å². The summed E-state index contributed by atoms with van der Waals surface area (Å²) in [7, 11) is 0. The number of aryl methyl sites for hydroxylation is 2. The molecule has 1 heterocycles. The molecule has 0 spiro atoms. The monoisotopic (exact) mass is 353 g/mol. The summed E-state index contributed by atoms with van der Waals surface area (Å²) in [6.07, 6.45) is 0. The summed E-state index contributed by atoms with van der Waals surface area (Å²) in [4.78, 5) is 8.76. The van der Waals surface area contributed by atoms with Crippen LogP contribution < -0.4 is 5.32 Å². The number of benzene rings is 1. The first kappa shape index (κ1) is 15.3. The zero-order valence-electron chi connectivity index (χ0n) is 12.0. The minimum Gasteiger partial charge on any atom is -0.340 e. The minimum absolute atomic E-state index is 0.237. The van der Waals surface area contributed by atoms with E-state index in [1.54, 1.807) is 6.07 Å². The fraction of sp³-hybridized carbons (Fsp3) is 0.333. The fourth-order valence-electron chi connectivity index (χ4n) is 1.99. The van der Waals surface area contributed by atoms with E-state index >= 15 is 0 Å². The van der Waals surface area contributed by atoms with Crippen LogP contribution in [0, 0.1) is 13.8 Å². The molecule has 0 bridgehead atoms. The van der Waals surface area contributed by atoms with Crippen LogP contribution >= 0.6 is 27.5 Å². The smallest absolute Gasteiger partial charge is 0.135 e. The molecule has 0 fully saturated rings. The van der Waals surface area contributed by atoms with Gasteiger partial charge in [0.1, 0.15) is 16.8 Å². The molecule has 0 amide bonds. The molecular formula is C15H17BrClN3. The van der Waals surface area contributed by atoms with E-state index in [4.69, 9.17) is 11.6 Å². The van der Waals surface area contributed by atoms with Crippen molar-refractivity contribution in [3.05, 3.63) is 44.8 Å². The molecule has 0 radical (unpaired) electrons. The van der Waals surface area contributed by atoms with Crippen LogP contribution in [-0.2, 0) is 0 Å². The van der Waals surface area contributed by atoms with Gasteiger partial charge in [-0.3, -0.25) is 0 Å². The fourth-order valence-corrected chi connectivity index (χ4v) is 2.87. The Hall–Kier alpha value is -1.13. The summed E-state index contributed by atoms with van der Waals surface area (Å²) in [5.41, 5.74) is 3.35. The molecular weight excluding hydrogens is 338 g/mol. The Morgan fingerprint density at radius 2 is 1.70 bits per heavy atom. The maximum absolute atomic E-state index is 6.07. The van der Waals surface area contributed by atoms with Crippen molar-refractivity contribution in [3.8, 4) is 0 Å². The van der Waals surface area contributed by atoms with Crippen LogP contribution in [0.15, 0.2) is 22.7 Å². The Balaban J connectivity index is 2.40. The number of nitrogens with zero attached hydrogens (tertiary/aromatic N) is 2. The lowest BCUT2D eigenvalue weighted by Crippen LogP contribution is -2.04. The van der Waals surface area contributed by atoms with Gasteiger partial charge in [0.15, 0.2) is 0 Å². The lowest BCUT2D eigenvalue weighted by atomic mass is 10.1. The molecule has 20 heavy (non-hydrogen) atoms. The van der Waals surface area contributed by atoms with Crippen LogP contribution in [0.5, 0.6) is 0 Å². The molecule has 0 aliphatic heterocycles. The first-order valence-electron chi connectivity index (χ1n) is 6.45. The van der Waals surface area contributed by atoms with Crippen LogP contribution in [-0.4, -0.2) is 9.97 Å². The molecule has 106 valence electrons. The average molecular weight is 355 g/mol. The zero-order valence-corrected chi connectivity index (χ0v) is 14.3. The summed E-state index contributed by atoms with van der Waals surface area (Å²) in [6.45, 7) is 8.22. The standard InChI is InChI=1S/C15H17BrClN3/c1-8(2)15-18-12(17)7-13(20-15)19-14-9(3)5-11(16)6-10(14)4/h5-8H,1-4H3,(H,18,19,20). The van der Waals surface area contributed by atoms with Gasteiger partial charge in [-0.15, -0.1) is 0 Å². The van der Waals surface area contributed by atoms with Gasteiger partial charge in [-0.2, -0.15) is 0 Å². The van der Waals surface area contributed by atoms with Gasteiger partial charge in [-0.05, 0) is 37.1 Å². The molecule has 1 N–H and O–H groups in total. The molecule has 0 saturated carbocycles. The number of halogens is 2. The van der Waals surface area contributed by atoms with Gasteiger partial charge >= 0.3 is 0 Å². The number of hydrogen-bond donors (Lipinski definition) is 1. The van der Waals surface area contributed by atoms with Gasteiger partial charge in [0.25, 0.3) is 0 Å². The molecule has 2 aromatic rings. The number of hydrogen-bond acceptors (Lipinski definition) is 3. The zero-order chi connectivity index (χ0) is 14.9. The molecule has 5 heteroatoms. The third-order valence-electron chi connectivity index (χ3n) is 2.98. The van der Waals surface area contributed by atoms with Crippen molar-refractivity contribution in [1.82, 2.24) is 9.97 Å². The Morgan fingerprint density at radius 3 is 2.25 bits per heavy atom. The second-order valence-electron chi connectivity index (χ2n) is 5.13. The third kappa shape index (κ3) is 3.49. The Bertz CT molecular complexity index is 618. The van der Waals surface area contributed by atoms with Gasteiger partial charge in [0, 0.05) is 22.1 Å². The first-order chi connectivity index (χ1) is 9.36. The Kier molecular flexibility index (Phi) is 4.66. The minimum atomic E-state index is 0.237.